The lowest BCUT2D eigenvalue weighted by Gasteiger charge is -2.18. The van der Waals surface area contributed by atoms with Crippen molar-refractivity contribution in [2.24, 2.45) is 0 Å². The van der Waals surface area contributed by atoms with Gasteiger partial charge in [0.15, 0.2) is 5.75 Å². The molecule has 0 atom stereocenters. The maximum atomic E-state index is 13.0. The Bertz CT molecular complexity index is 525. The molecule has 1 aromatic rings. The van der Waals surface area contributed by atoms with Gasteiger partial charge in [0.25, 0.3) is 0 Å². The number of benzene rings is 1. The molecule has 0 aliphatic rings. The second kappa shape index (κ2) is 7.36. The topological polar surface area (TPSA) is 78.9 Å². The van der Waals surface area contributed by atoms with Gasteiger partial charge in [0.1, 0.15) is 5.82 Å². The van der Waals surface area contributed by atoms with E-state index in [1.807, 2.05) is 0 Å². The molecule has 116 valence electrons. The summed E-state index contributed by atoms with van der Waals surface area (Å²) in [4.78, 5) is 23.2. The van der Waals surface area contributed by atoms with Crippen molar-refractivity contribution in [2.45, 2.75) is 13.0 Å². The van der Waals surface area contributed by atoms with Gasteiger partial charge in [-0.2, -0.15) is 8.78 Å². The van der Waals surface area contributed by atoms with Gasteiger partial charge in [0.2, 0.25) is 0 Å². The van der Waals surface area contributed by atoms with Crippen LogP contribution in [0.4, 0.5) is 23.7 Å². The summed E-state index contributed by atoms with van der Waals surface area (Å²) < 4.78 is 41.5. The number of halogens is 3. The largest absolute Gasteiger partial charge is 0.481 e. The average Bonchev–Trinajstić information content (AvgIpc) is 2.38. The molecule has 0 spiro atoms. The minimum Gasteiger partial charge on any atom is -0.481 e. The van der Waals surface area contributed by atoms with Gasteiger partial charge in [-0.15, -0.1) is 0 Å². The van der Waals surface area contributed by atoms with E-state index in [1.165, 1.54) is 7.05 Å². The van der Waals surface area contributed by atoms with E-state index in [9.17, 15) is 22.8 Å². The molecule has 0 unspecified atom stereocenters. The van der Waals surface area contributed by atoms with Crippen molar-refractivity contribution in [3.05, 3.63) is 24.0 Å². The Kier molecular flexibility index (Phi) is 5.82. The summed E-state index contributed by atoms with van der Waals surface area (Å²) in [6, 6.07) is 2.00. The van der Waals surface area contributed by atoms with E-state index in [0.717, 1.165) is 17.0 Å². The number of rotatable bonds is 6. The number of aliphatic carboxylic acids is 1. The van der Waals surface area contributed by atoms with Gasteiger partial charge in [-0.3, -0.25) is 4.79 Å². The lowest BCUT2D eigenvalue weighted by molar-refractivity contribution is -0.137. The third-order valence-electron chi connectivity index (χ3n) is 2.41. The molecule has 2 amide bonds. The number of nitrogens with zero attached hydrogens (tertiary/aromatic N) is 1. The van der Waals surface area contributed by atoms with Crippen molar-refractivity contribution in [2.75, 3.05) is 18.9 Å². The van der Waals surface area contributed by atoms with Gasteiger partial charge in [-0.25, -0.2) is 9.18 Å². The highest BCUT2D eigenvalue weighted by Crippen LogP contribution is 2.27. The molecule has 0 aromatic heterocycles. The number of ether oxygens (including phenoxy) is 1. The Morgan fingerprint density at radius 1 is 1.43 bits per heavy atom. The van der Waals surface area contributed by atoms with E-state index >= 15 is 0 Å². The molecule has 6 nitrogen and oxygen atoms in total. The standard InChI is InChI=1S/C12H13F3N2O4/c1-17(5-4-10(18)19)12(20)16-8-3-2-7(13)6-9(8)21-11(14)15/h2-3,6,11H,4-5H2,1H3,(H,16,20)(H,18,19). The summed E-state index contributed by atoms with van der Waals surface area (Å²) >= 11 is 0. The van der Waals surface area contributed by atoms with Crippen LogP contribution in [0.2, 0.25) is 0 Å². The minimum atomic E-state index is -3.17. The van der Waals surface area contributed by atoms with Gasteiger partial charge in [0.05, 0.1) is 12.1 Å². The molecule has 21 heavy (non-hydrogen) atoms. The molecule has 0 saturated heterocycles. The average molecular weight is 306 g/mol. The zero-order valence-corrected chi connectivity index (χ0v) is 11.0. The predicted molar refractivity (Wildman–Crippen MR) is 66.9 cm³/mol. The molecule has 0 bridgehead atoms. The van der Waals surface area contributed by atoms with Crippen LogP contribution >= 0.6 is 0 Å². The van der Waals surface area contributed by atoms with Crippen molar-refractivity contribution in [3.63, 3.8) is 0 Å². The van der Waals surface area contributed by atoms with Gasteiger partial charge in [-0.05, 0) is 12.1 Å². The lowest BCUT2D eigenvalue weighted by atomic mass is 10.3. The first kappa shape index (κ1) is 16.6. The number of carboxylic acids is 1. The molecule has 9 heteroatoms. The van der Waals surface area contributed by atoms with Crippen LogP contribution in [0.25, 0.3) is 0 Å². The van der Waals surface area contributed by atoms with E-state index in [-0.39, 0.29) is 18.7 Å². The van der Waals surface area contributed by atoms with Crippen LogP contribution in [0.15, 0.2) is 18.2 Å². The number of alkyl halides is 2. The monoisotopic (exact) mass is 306 g/mol. The highest BCUT2D eigenvalue weighted by atomic mass is 19.3. The van der Waals surface area contributed by atoms with Crippen LogP contribution in [0, 0.1) is 5.82 Å². The van der Waals surface area contributed by atoms with Gasteiger partial charge in [0, 0.05) is 19.7 Å². The van der Waals surface area contributed by atoms with Crippen LogP contribution in [0.5, 0.6) is 5.75 Å². The maximum Gasteiger partial charge on any atom is 0.387 e. The Morgan fingerprint density at radius 2 is 2.10 bits per heavy atom. The van der Waals surface area contributed by atoms with Crippen LogP contribution in [0.3, 0.4) is 0 Å². The van der Waals surface area contributed by atoms with Crippen molar-refractivity contribution in [1.82, 2.24) is 4.90 Å². The first-order valence-corrected chi connectivity index (χ1v) is 5.78. The summed E-state index contributed by atoms with van der Waals surface area (Å²) in [6.07, 6.45) is -0.270. The molecule has 0 aliphatic carbocycles. The summed E-state index contributed by atoms with van der Waals surface area (Å²) in [5, 5.41) is 10.7. The second-order valence-corrected chi connectivity index (χ2v) is 4.01. The number of urea groups is 1. The third-order valence-corrected chi connectivity index (χ3v) is 2.41. The zero-order valence-electron chi connectivity index (χ0n) is 11.0. The van der Waals surface area contributed by atoms with E-state index in [0.29, 0.717) is 6.07 Å². The van der Waals surface area contributed by atoms with E-state index in [1.54, 1.807) is 0 Å². The quantitative estimate of drug-likeness (QED) is 0.845. The number of anilines is 1. The molecule has 0 radical (unpaired) electrons. The van der Waals surface area contributed by atoms with Crippen molar-refractivity contribution >= 4 is 17.7 Å². The fraction of sp³-hybridized carbons (Fsp3) is 0.333. The van der Waals surface area contributed by atoms with Crippen LogP contribution < -0.4 is 10.1 Å². The van der Waals surface area contributed by atoms with Gasteiger partial charge in [-0.1, -0.05) is 0 Å². The molecule has 0 aliphatic heterocycles. The van der Waals surface area contributed by atoms with Crippen LogP contribution in [-0.4, -0.2) is 42.2 Å². The fourth-order valence-corrected chi connectivity index (χ4v) is 1.37. The molecule has 0 fully saturated rings. The molecule has 1 aromatic carbocycles. The second-order valence-electron chi connectivity index (χ2n) is 4.01. The Hall–Kier alpha value is -2.45. The number of nitrogens with one attached hydrogen (secondary N) is 1. The van der Waals surface area contributed by atoms with Crippen LogP contribution in [-0.2, 0) is 4.79 Å². The number of carbonyl (C=O) groups excluding carboxylic acids is 1. The number of amides is 2. The van der Waals surface area contributed by atoms with E-state index < -0.39 is 30.2 Å². The van der Waals surface area contributed by atoms with Crippen molar-refractivity contribution in [1.29, 1.82) is 0 Å². The molecule has 1 rings (SSSR count). The molecule has 2 N–H and O–H groups in total. The highest BCUT2D eigenvalue weighted by molar-refractivity contribution is 5.91. The van der Waals surface area contributed by atoms with Crippen LogP contribution in [0.1, 0.15) is 6.42 Å². The summed E-state index contributed by atoms with van der Waals surface area (Å²) in [5.74, 6) is -2.41. The zero-order chi connectivity index (χ0) is 16.0. The summed E-state index contributed by atoms with van der Waals surface area (Å²) in [7, 11) is 1.33. The van der Waals surface area contributed by atoms with Gasteiger partial charge < -0.3 is 20.1 Å². The smallest absolute Gasteiger partial charge is 0.387 e. The van der Waals surface area contributed by atoms with Crippen molar-refractivity contribution in [3.8, 4) is 5.75 Å². The molecular formula is C12H13F3N2O4. The predicted octanol–water partition coefficient (Wildman–Crippen LogP) is 2.37. The number of carbonyl (C=O) groups is 2. The number of hydrogen-bond acceptors (Lipinski definition) is 3. The Labute approximate surface area is 118 Å². The maximum absolute atomic E-state index is 13.0. The molecule has 0 heterocycles. The minimum absolute atomic E-state index is 0.0760. The fourth-order valence-electron chi connectivity index (χ4n) is 1.37. The Morgan fingerprint density at radius 3 is 2.67 bits per heavy atom. The first-order valence-electron chi connectivity index (χ1n) is 5.78. The third kappa shape index (κ3) is 5.59. The lowest BCUT2D eigenvalue weighted by Crippen LogP contribution is -2.33. The number of carboxylic acid groups (broad SMARTS) is 1. The summed E-state index contributed by atoms with van der Waals surface area (Å²) in [5.41, 5.74) is -0.149. The number of hydrogen-bond donors (Lipinski definition) is 2. The summed E-state index contributed by atoms with van der Waals surface area (Å²) in [6.45, 7) is -3.25. The normalized spacial score (nSPS) is 10.3. The van der Waals surface area contributed by atoms with E-state index in [4.69, 9.17) is 5.11 Å². The SMILES string of the molecule is CN(CCC(=O)O)C(=O)Nc1ccc(F)cc1OC(F)F. The van der Waals surface area contributed by atoms with Gasteiger partial charge >= 0.3 is 18.6 Å². The van der Waals surface area contributed by atoms with Crippen molar-refractivity contribution < 1.29 is 32.6 Å². The first-order chi connectivity index (χ1) is 9.79. The Balaban J connectivity index is 2.77. The molecule has 0 saturated carbocycles. The molecular weight excluding hydrogens is 293 g/mol. The van der Waals surface area contributed by atoms with E-state index in [2.05, 4.69) is 10.1 Å². The highest BCUT2D eigenvalue weighted by Gasteiger charge is 2.15.